The fraction of sp³-hybridized carbons (Fsp3) is 0.500. The van der Waals surface area contributed by atoms with Gasteiger partial charge in [0, 0.05) is 36.0 Å². The van der Waals surface area contributed by atoms with Gasteiger partial charge < -0.3 is 19.7 Å². The molecule has 1 aliphatic heterocycles. The molecular weight excluding hydrogens is 402 g/mol. The topological polar surface area (TPSA) is 80.8 Å². The van der Waals surface area contributed by atoms with Crippen molar-refractivity contribution in [2.24, 2.45) is 0 Å². The Bertz CT molecular complexity index is 871. The van der Waals surface area contributed by atoms with Crippen LogP contribution in [0.1, 0.15) is 59.6 Å². The van der Waals surface area contributed by atoms with Crippen molar-refractivity contribution < 1.29 is 19.1 Å². The van der Waals surface area contributed by atoms with Gasteiger partial charge in [-0.3, -0.25) is 4.79 Å². The standard InChI is InChI=1S/C22H27N3O4S/c1-2-28-22(27)25-11-9-17(10-12-25)23-21(26)16-5-7-18(8-6-16)29-13-20-24-19(14-30-20)15-3-4-15/h5-8,14-15,17H,2-4,9-13H2,1H3,(H,23,26). The molecule has 1 saturated carbocycles. The van der Waals surface area contributed by atoms with Crippen LogP contribution in [0.4, 0.5) is 4.79 Å². The third-order valence-electron chi connectivity index (χ3n) is 5.40. The van der Waals surface area contributed by atoms with Gasteiger partial charge in [0.25, 0.3) is 5.91 Å². The molecule has 0 spiro atoms. The molecule has 1 aromatic carbocycles. The Morgan fingerprint density at radius 3 is 2.57 bits per heavy atom. The first-order chi connectivity index (χ1) is 14.6. The number of carbonyl (C=O) groups is 2. The molecule has 1 aromatic heterocycles. The van der Waals surface area contributed by atoms with E-state index in [4.69, 9.17) is 9.47 Å². The highest BCUT2D eigenvalue weighted by molar-refractivity contribution is 7.09. The second-order valence-electron chi connectivity index (χ2n) is 7.69. The maximum absolute atomic E-state index is 12.5. The van der Waals surface area contributed by atoms with E-state index in [0.29, 0.717) is 37.8 Å². The Morgan fingerprint density at radius 2 is 1.90 bits per heavy atom. The lowest BCUT2D eigenvalue weighted by atomic mass is 10.0. The molecule has 30 heavy (non-hydrogen) atoms. The van der Waals surface area contributed by atoms with E-state index in [1.165, 1.54) is 18.5 Å². The lowest BCUT2D eigenvalue weighted by molar-refractivity contribution is 0.0860. The Kier molecular flexibility index (Phi) is 6.52. The monoisotopic (exact) mass is 429 g/mol. The zero-order chi connectivity index (χ0) is 20.9. The number of hydrogen-bond acceptors (Lipinski definition) is 6. The van der Waals surface area contributed by atoms with Gasteiger partial charge >= 0.3 is 6.09 Å². The number of nitrogens with zero attached hydrogens (tertiary/aromatic N) is 2. The van der Waals surface area contributed by atoms with Gasteiger partial charge in [-0.15, -0.1) is 11.3 Å². The molecule has 0 atom stereocenters. The molecule has 0 bridgehead atoms. The van der Waals surface area contributed by atoms with Crippen LogP contribution in [0.15, 0.2) is 29.6 Å². The average molecular weight is 430 g/mol. The van der Waals surface area contributed by atoms with E-state index in [9.17, 15) is 9.59 Å². The summed E-state index contributed by atoms with van der Waals surface area (Å²) in [7, 11) is 0. The highest BCUT2D eigenvalue weighted by Crippen LogP contribution is 2.40. The molecule has 160 valence electrons. The molecule has 2 amide bonds. The van der Waals surface area contributed by atoms with E-state index in [2.05, 4.69) is 15.7 Å². The van der Waals surface area contributed by atoms with Gasteiger partial charge in [0.15, 0.2) is 0 Å². The van der Waals surface area contributed by atoms with Crippen LogP contribution < -0.4 is 10.1 Å². The number of piperidine rings is 1. The second kappa shape index (κ2) is 9.47. The fourth-order valence-corrected chi connectivity index (χ4v) is 4.28. The van der Waals surface area contributed by atoms with Gasteiger partial charge in [0.1, 0.15) is 17.4 Å². The maximum Gasteiger partial charge on any atom is 0.409 e. The highest BCUT2D eigenvalue weighted by Gasteiger charge is 2.26. The number of nitrogens with one attached hydrogen (secondary N) is 1. The number of rotatable bonds is 7. The molecule has 2 aromatic rings. The lowest BCUT2D eigenvalue weighted by Gasteiger charge is -2.31. The summed E-state index contributed by atoms with van der Waals surface area (Å²) >= 11 is 1.64. The first-order valence-electron chi connectivity index (χ1n) is 10.5. The van der Waals surface area contributed by atoms with Gasteiger partial charge in [-0.1, -0.05) is 0 Å². The maximum atomic E-state index is 12.5. The van der Waals surface area contributed by atoms with E-state index in [-0.39, 0.29) is 18.0 Å². The van der Waals surface area contributed by atoms with Crippen molar-refractivity contribution in [3.63, 3.8) is 0 Å². The molecule has 7 nitrogen and oxygen atoms in total. The van der Waals surface area contributed by atoms with Crippen molar-refractivity contribution in [1.82, 2.24) is 15.2 Å². The van der Waals surface area contributed by atoms with Gasteiger partial charge in [0.05, 0.1) is 12.3 Å². The number of aromatic nitrogens is 1. The summed E-state index contributed by atoms with van der Waals surface area (Å²) in [5.41, 5.74) is 1.79. The van der Waals surface area contributed by atoms with Crippen LogP contribution in [-0.4, -0.2) is 47.6 Å². The van der Waals surface area contributed by atoms with Crippen LogP contribution in [-0.2, 0) is 11.3 Å². The van der Waals surface area contributed by atoms with Crippen molar-refractivity contribution in [2.75, 3.05) is 19.7 Å². The van der Waals surface area contributed by atoms with Crippen molar-refractivity contribution in [2.45, 2.75) is 51.2 Å². The second-order valence-corrected chi connectivity index (χ2v) is 8.63. The number of likely N-dealkylation sites (tertiary alicyclic amines) is 1. The predicted molar refractivity (Wildman–Crippen MR) is 114 cm³/mol. The summed E-state index contributed by atoms with van der Waals surface area (Å²) in [6.45, 7) is 3.80. The first-order valence-corrected chi connectivity index (χ1v) is 11.4. The van der Waals surface area contributed by atoms with E-state index in [1.54, 1.807) is 35.3 Å². The quantitative estimate of drug-likeness (QED) is 0.721. The van der Waals surface area contributed by atoms with E-state index in [0.717, 1.165) is 23.6 Å². The Morgan fingerprint density at radius 1 is 1.17 bits per heavy atom. The van der Waals surface area contributed by atoms with Crippen molar-refractivity contribution in [1.29, 1.82) is 0 Å². The van der Waals surface area contributed by atoms with Crippen molar-refractivity contribution in [3.8, 4) is 5.75 Å². The number of benzene rings is 1. The molecule has 0 radical (unpaired) electrons. The van der Waals surface area contributed by atoms with Crippen LogP contribution in [0.25, 0.3) is 0 Å². The van der Waals surface area contributed by atoms with Crippen LogP contribution in [0, 0.1) is 0 Å². The summed E-state index contributed by atoms with van der Waals surface area (Å²) in [4.78, 5) is 30.6. The third kappa shape index (κ3) is 5.30. The molecule has 2 aliphatic rings. The summed E-state index contributed by atoms with van der Waals surface area (Å²) < 4.78 is 10.8. The van der Waals surface area contributed by atoms with Crippen molar-refractivity contribution in [3.05, 3.63) is 45.9 Å². The Balaban J connectivity index is 1.22. The van der Waals surface area contributed by atoms with Crippen LogP contribution in [0.5, 0.6) is 5.75 Å². The zero-order valence-corrected chi connectivity index (χ0v) is 18.0. The molecule has 1 aliphatic carbocycles. The smallest absolute Gasteiger partial charge is 0.409 e. The minimum absolute atomic E-state index is 0.0599. The average Bonchev–Trinajstić information content (AvgIpc) is 3.51. The zero-order valence-electron chi connectivity index (χ0n) is 17.1. The highest BCUT2D eigenvalue weighted by atomic mass is 32.1. The number of hydrogen-bond donors (Lipinski definition) is 1. The van der Waals surface area contributed by atoms with Crippen molar-refractivity contribution >= 4 is 23.3 Å². The van der Waals surface area contributed by atoms with Gasteiger partial charge in [-0.25, -0.2) is 9.78 Å². The number of ether oxygens (including phenoxy) is 2. The number of carbonyl (C=O) groups excluding carboxylic acids is 2. The lowest BCUT2D eigenvalue weighted by Crippen LogP contribution is -2.46. The third-order valence-corrected chi connectivity index (χ3v) is 6.24. The SMILES string of the molecule is CCOC(=O)N1CCC(NC(=O)c2ccc(OCc3nc(C4CC4)cs3)cc2)CC1. The number of thiazole rings is 1. The summed E-state index contributed by atoms with van der Waals surface area (Å²) in [6.07, 6.45) is 3.67. The van der Waals surface area contributed by atoms with E-state index >= 15 is 0 Å². The Labute approximate surface area is 180 Å². The molecule has 2 fully saturated rings. The van der Waals surface area contributed by atoms with Gasteiger partial charge in [-0.05, 0) is 56.9 Å². The molecule has 1 N–H and O–H groups in total. The molecule has 2 heterocycles. The summed E-state index contributed by atoms with van der Waals surface area (Å²) in [6, 6.07) is 7.23. The van der Waals surface area contributed by atoms with Crippen LogP contribution in [0.2, 0.25) is 0 Å². The minimum atomic E-state index is -0.278. The molecule has 8 heteroatoms. The molecule has 0 unspecified atom stereocenters. The summed E-state index contributed by atoms with van der Waals surface area (Å²) in [5, 5.41) is 6.16. The van der Waals surface area contributed by atoms with Crippen LogP contribution in [0.3, 0.4) is 0 Å². The molecule has 4 rings (SSSR count). The normalized spacial score (nSPS) is 16.9. The van der Waals surface area contributed by atoms with E-state index < -0.39 is 0 Å². The molecular formula is C22H27N3O4S. The summed E-state index contributed by atoms with van der Waals surface area (Å²) in [5.74, 6) is 1.27. The molecule has 1 saturated heterocycles. The first kappa shape index (κ1) is 20.7. The minimum Gasteiger partial charge on any atom is -0.486 e. The van der Waals surface area contributed by atoms with Gasteiger partial charge in [-0.2, -0.15) is 0 Å². The Hall–Kier alpha value is -2.61. The number of amides is 2. The largest absolute Gasteiger partial charge is 0.486 e. The predicted octanol–water partition coefficient (Wildman–Crippen LogP) is 3.95. The van der Waals surface area contributed by atoms with E-state index in [1.807, 2.05) is 12.1 Å². The fourth-order valence-electron chi connectivity index (χ4n) is 3.50. The van der Waals surface area contributed by atoms with Crippen LogP contribution >= 0.6 is 11.3 Å². The van der Waals surface area contributed by atoms with Gasteiger partial charge in [0.2, 0.25) is 0 Å².